The van der Waals surface area contributed by atoms with Gasteiger partial charge in [-0.3, -0.25) is 9.59 Å². The third-order valence-electron chi connectivity index (χ3n) is 3.12. The van der Waals surface area contributed by atoms with Gasteiger partial charge in [0.2, 0.25) is 0 Å². The smallest absolute Gasteiger partial charge is 0.318 e. The monoisotopic (exact) mass is 300 g/mol. The Morgan fingerprint density at radius 3 is 2.29 bits per heavy atom. The zero-order chi connectivity index (χ0) is 15.2. The van der Waals surface area contributed by atoms with Crippen molar-refractivity contribution in [1.29, 1.82) is 0 Å². The van der Waals surface area contributed by atoms with E-state index < -0.39 is 11.9 Å². The second-order valence-electron chi connectivity index (χ2n) is 4.69. The largest absolute Gasteiger partial charge is 0.480 e. The van der Waals surface area contributed by atoms with Crippen LogP contribution in [0.5, 0.6) is 0 Å². The van der Waals surface area contributed by atoms with Gasteiger partial charge in [-0.1, -0.05) is 48.5 Å². The van der Waals surface area contributed by atoms with Gasteiger partial charge in [0.1, 0.15) is 11.7 Å². The molecule has 2 aromatic rings. The minimum atomic E-state index is -1.10. The second kappa shape index (κ2) is 7.09. The molecule has 2 aromatic carbocycles. The third kappa shape index (κ3) is 3.95. The molecule has 0 fully saturated rings. The normalized spacial score (nSPS) is 11.9. The number of carbonyl (C=O) groups excluding carboxylic acids is 1. The van der Waals surface area contributed by atoms with Crippen LogP contribution < -0.4 is 0 Å². The van der Waals surface area contributed by atoms with Gasteiger partial charge in [-0.2, -0.15) is 0 Å². The van der Waals surface area contributed by atoms with Crippen molar-refractivity contribution in [1.82, 2.24) is 0 Å². The van der Waals surface area contributed by atoms with E-state index in [-0.39, 0.29) is 5.78 Å². The predicted molar refractivity (Wildman–Crippen MR) is 83.5 cm³/mol. The van der Waals surface area contributed by atoms with Crippen molar-refractivity contribution in [3.8, 4) is 0 Å². The number of carboxylic acids is 1. The number of carboxylic acid groups (broad SMARTS) is 1. The number of ketones is 1. The van der Waals surface area contributed by atoms with Crippen molar-refractivity contribution in [2.24, 2.45) is 0 Å². The topological polar surface area (TPSA) is 54.4 Å². The number of carbonyl (C=O) groups is 2. The number of benzene rings is 2. The lowest BCUT2D eigenvalue weighted by molar-refractivity contribution is -0.142. The molecule has 0 aromatic heterocycles. The minimum absolute atomic E-state index is 0.352. The van der Waals surface area contributed by atoms with Crippen LogP contribution in [0.15, 0.2) is 59.5 Å². The molecule has 0 saturated carbocycles. The first-order valence-electron chi connectivity index (χ1n) is 6.58. The molecule has 21 heavy (non-hydrogen) atoms. The molecule has 4 heteroatoms. The summed E-state index contributed by atoms with van der Waals surface area (Å²) < 4.78 is 0. The molecule has 1 unspecified atom stereocenters. The Morgan fingerprint density at radius 1 is 1.05 bits per heavy atom. The van der Waals surface area contributed by atoms with Crippen molar-refractivity contribution in [2.75, 3.05) is 0 Å². The van der Waals surface area contributed by atoms with Crippen LogP contribution >= 0.6 is 11.8 Å². The first kappa shape index (κ1) is 15.3. The lowest BCUT2D eigenvalue weighted by atomic mass is 9.96. The van der Waals surface area contributed by atoms with Crippen LogP contribution in [0, 0.1) is 0 Å². The highest BCUT2D eigenvalue weighted by atomic mass is 32.2. The van der Waals surface area contributed by atoms with Crippen molar-refractivity contribution in [3.05, 3.63) is 65.7 Å². The summed E-state index contributed by atoms with van der Waals surface area (Å²) in [7, 11) is 0. The predicted octanol–water partition coefficient (Wildman–Crippen LogP) is 3.74. The number of Topliss-reactive ketones (excluding diaryl/α,β-unsaturated/α-hetero) is 1. The minimum Gasteiger partial charge on any atom is -0.480 e. The van der Waals surface area contributed by atoms with Crippen LogP contribution in [0.2, 0.25) is 0 Å². The molecule has 1 N–H and O–H groups in total. The highest BCUT2D eigenvalue weighted by Gasteiger charge is 2.27. The van der Waals surface area contributed by atoms with Crippen LogP contribution in [0.1, 0.15) is 24.0 Å². The molecular formula is C17H16O3S. The quantitative estimate of drug-likeness (QED) is 0.652. The fraction of sp³-hybridized carbons (Fsp3) is 0.176. The van der Waals surface area contributed by atoms with Gasteiger partial charge < -0.3 is 5.11 Å². The van der Waals surface area contributed by atoms with E-state index in [1.54, 1.807) is 23.9 Å². The van der Waals surface area contributed by atoms with E-state index >= 15 is 0 Å². The third-order valence-corrected chi connectivity index (χ3v) is 4.28. The zero-order valence-corrected chi connectivity index (χ0v) is 12.5. The molecule has 2 rings (SSSR count). The maximum atomic E-state index is 11.6. The van der Waals surface area contributed by atoms with Gasteiger partial charge in [-0.15, -0.1) is 11.8 Å². The molecule has 108 valence electrons. The summed E-state index contributed by atoms with van der Waals surface area (Å²) in [6.45, 7) is 1.32. The Balaban J connectivity index is 2.24. The van der Waals surface area contributed by atoms with Gasteiger partial charge in [0, 0.05) is 10.6 Å². The summed E-state index contributed by atoms with van der Waals surface area (Å²) in [5.74, 6) is -1.81. The van der Waals surface area contributed by atoms with Crippen LogP contribution in [-0.2, 0) is 15.3 Å². The van der Waals surface area contributed by atoms with Crippen molar-refractivity contribution in [2.45, 2.75) is 23.5 Å². The number of aliphatic carboxylic acids is 1. The van der Waals surface area contributed by atoms with Crippen LogP contribution in [0.3, 0.4) is 0 Å². The van der Waals surface area contributed by atoms with E-state index in [1.807, 2.05) is 42.5 Å². The molecule has 0 aliphatic heterocycles. The van der Waals surface area contributed by atoms with Gasteiger partial charge in [-0.25, -0.2) is 0 Å². The van der Waals surface area contributed by atoms with Crippen LogP contribution in [-0.4, -0.2) is 16.9 Å². The maximum Gasteiger partial charge on any atom is 0.318 e. The maximum absolute atomic E-state index is 11.6. The van der Waals surface area contributed by atoms with Crippen molar-refractivity contribution < 1.29 is 14.7 Å². The Kier molecular flexibility index (Phi) is 5.17. The number of hydrogen-bond acceptors (Lipinski definition) is 3. The van der Waals surface area contributed by atoms with Crippen LogP contribution in [0.25, 0.3) is 0 Å². The van der Waals surface area contributed by atoms with E-state index in [0.29, 0.717) is 5.56 Å². The lowest BCUT2D eigenvalue weighted by Crippen LogP contribution is -2.19. The van der Waals surface area contributed by atoms with Gasteiger partial charge in [-0.05, 0) is 24.1 Å². The first-order chi connectivity index (χ1) is 10.1. The van der Waals surface area contributed by atoms with Gasteiger partial charge in [0.25, 0.3) is 0 Å². The standard InChI is InChI=1S/C17H16O3S/c1-12(18)16(17(19)20)14-9-5-6-10-15(14)21-11-13-7-3-2-4-8-13/h2-10,16H,11H2,1H3,(H,19,20). The molecule has 0 spiro atoms. The van der Waals surface area contributed by atoms with E-state index in [1.165, 1.54) is 6.92 Å². The molecular weight excluding hydrogens is 284 g/mol. The average molecular weight is 300 g/mol. The Hall–Kier alpha value is -2.07. The molecule has 0 aliphatic rings. The second-order valence-corrected chi connectivity index (χ2v) is 5.71. The molecule has 0 amide bonds. The molecule has 0 bridgehead atoms. The molecule has 0 heterocycles. The molecule has 0 aliphatic carbocycles. The van der Waals surface area contributed by atoms with E-state index in [2.05, 4.69) is 0 Å². The average Bonchev–Trinajstić information content (AvgIpc) is 2.47. The summed E-state index contributed by atoms with van der Waals surface area (Å²) in [5.41, 5.74) is 1.73. The van der Waals surface area contributed by atoms with Crippen LogP contribution in [0.4, 0.5) is 0 Å². The summed E-state index contributed by atoms with van der Waals surface area (Å²) in [4.78, 5) is 23.8. The van der Waals surface area contributed by atoms with E-state index in [9.17, 15) is 14.7 Å². The molecule has 1 atom stereocenters. The highest BCUT2D eigenvalue weighted by Crippen LogP contribution is 2.31. The van der Waals surface area contributed by atoms with Crippen molar-refractivity contribution in [3.63, 3.8) is 0 Å². The Morgan fingerprint density at radius 2 is 1.67 bits per heavy atom. The first-order valence-corrected chi connectivity index (χ1v) is 7.57. The SMILES string of the molecule is CC(=O)C(C(=O)O)c1ccccc1SCc1ccccc1. The highest BCUT2D eigenvalue weighted by molar-refractivity contribution is 7.98. The summed E-state index contributed by atoms with van der Waals surface area (Å²) in [6, 6.07) is 17.1. The van der Waals surface area contributed by atoms with Gasteiger partial charge in [0.05, 0.1) is 0 Å². The summed E-state index contributed by atoms with van der Waals surface area (Å²) in [5, 5.41) is 9.28. The van der Waals surface area contributed by atoms with E-state index in [4.69, 9.17) is 0 Å². The molecule has 0 radical (unpaired) electrons. The van der Waals surface area contributed by atoms with E-state index in [0.717, 1.165) is 16.2 Å². The lowest BCUT2D eigenvalue weighted by Gasteiger charge is -2.14. The number of hydrogen-bond donors (Lipinski definition) is 1. The van der Waals surface area contributed by atoms with Crippen molar-refractivity contribution >= 4 is 23.5 Å². The fourth-order valence-corrected chi connectivity index (χ4v) is 3.15. The molecule has 3 nitrogen and oxygen atoms in total. The fourth-order valence-electron chi connectivity index (χ4n) is 2.11. The Labute approximate surface area is 128 Å². The number of rotatable bonds is 6. The summed E-state index contributed by atoms with van der Waals surface area (Å²) in [6.07, 6.45) is 0. The Bertz CT molecular complexity index is 623. The van der Waals surface area contributed by atoms with Gasteiger partial charge in [0.15, 0.2) is 0 Å². The number of thioether (sulfide) groups is 1. The molecule has 0 saturated heterocycles. The van der Waals surface area contributed by atoms with Gasteiger partial charge >= 0.3 is 5.97 Å². The zero-order valence-electron chi connectivity index (χ0n) is 11.7. The summed E-state index contributed by atoms with van der Waals surface area (Å²) >= 11 is 1.55.